The number of carboxylic acids is 1. The molecule has 0 radical (unpaired) electrons. The molecule has 1 unspecified atom stereocenters. The van der Waals surface area contributed by atoms with Crippen molar-refractivity contribution in [3.05, 3.63) is 16.1 Å². The van der Waals surface area contributed by atoms with Gasteiger partial charge < -0.3 is 10.0 Å². The maximum Gasteiger partial charge on any atom is 0.434 e. The standard InChI is InChI=1S/C16H19F3N2O3S/c17-16(18,19)11-9-25-13(20-11)10-3-1-6-21(8-10)12(22)7-15(14(23)24)4-2-5-15/h9-10H,1-8H2,(H,23,24). The number of likely N-dealkylation sites (tertiary alicyclic amines) is 1. The van der Waals surface area contributed by atoms with Gasteiger partial charge >= 0.3 is 12.1 Å². The van der Waals surface area contributed by atoms with E-state index in [1.54, 1.807) is 4.90 Å². The van der Waals surface area contributed by atoms with Crippen molar-refractivity contribution in [2.75, 3.05) is 13.1 Å². The maximum absolute atomic E-state index is 12.7. The van der Waals surface area contributed by atoms with Gasteiger partial charge in [0.05, 0.1) is 10.4 Å². The highest BCUT2D eigenvalue weighted by atomic mass is 32.1. The van der Waals surface area contributed by atoms with Crippen molar-refractivity contribution in [1.29, 1.82) is 0 Å². The normalized spacial score (nSPS) is 23.2. The molecule has 1 saturated heterocycles. The molecule has 138 valence electrons. The van der Waals surface area contributed by atoms with Crippen molar-refractivity contribution < 1.29 is 27.9 Å². The molecule has 5 nitrogen and oxygen atoms in total. The molecule has 3 rings (SSSR count). The highest BCUT2D eigenvalue weighted by Gasteiger charge is 2.47. The maximum atomic E-state index is 12.7. The van der Waals surface area contributed by atoms with Gasteiger partial charge in [-0.05, 0) is 25.7 Å². The van der Waals surface area contributed by atoms with E-state index in [0.29, 0.717) is 43.8 Å². The van der Waals surface area contributed by atoms with E-state index < -0.39 is 23.3 Å². The van der Waals surface area contributed by atoms with E-state index in [1.165, 1.54) is 0 Å². The number of rotatable bonds is 4. The lowest BCUT2D eigenvalue weighted by atomic mass is 9.66. The Morgan fingerprint density at radius 1 is 1.36 bits per heavy atom. The van der Waals surface area contributed by atoms with Gasteiger partial charge in [0.25, 0.3) is 0 Å². The van der Waals surface area contributed by atoms with Crippen molar-refractivity contribution in [3.8, 4) is 0 Å². The molecule has 1 amide bonds. The van der Waals surface area contributed by atoms with Crippen molar-refractivity contribution >= 4 is 23.2 Å². The van der Waals surface area contributed by atoms with E-state index in [1.807, 2.05) is 0 Å². The van der Waals surface area contributed by atoms with Crippen LogP contribution in [0.25, 0.3) is 0 Å². The molecule has 0 spiro atoms. The minimum Gasteiger partial charge on any atom is -0.481 e. The summed E-state index contributed by atoms with van der Waals surface area (Å²) in [6.45, 7) is 0.821. The molecule has 1 saturated carbocycles. The summed E-state index contributed by atoms with van der Waals surface area (Å²) in [6, 6.07) is 0. The summed E-state index contributed by atoms with van der Waals surface area (Å²) in [4.78, 5) is 29.2. The van der Waals surface area contributed by atoms with Crippen LogP contribution in [-0.2, 0) is 15.8 Å². The van der Waals surface area contributed by atoms with E-state index in [4.69, 9.17) is 0 Å². The van der Waals surface area contributed by atoms with Crippen LogP contribution >= 0.6 is 11.3 Å². The summed E-state index contributed by atoms with van der Waals surface area (Å²) in [5.74, 6) is -1.38. The molecule has 9 heteroatoms. The second-order valence-electron chi connectivity index (χ2n) is 6.86. The number of carboxylic acid groups (broad SMARTS) is 1. The summed E-state index contributed by atoms with van der Waals surface area (Å²) in [5, 5.41) is 10.7. The molecule has 1 aromatic rings. The molecule has 0 aromatic carbocycles. The number of carbonyl (C=O) groups is 2. The van der Waals surface area contributed by atoms with Crippen LogP contribution in [0.2, 0.25) is 0 Å². The van der Waals surface area contributed by atoms with E-state index in [0.717, 1.165) is 23.1 Å². The topological polar surface area (TPSA) is 70.5 Å². The SMILES string of the molecule is O=C(CC1(C(=O)O)CCC1)N1CCCC(c2nc(C(F)(F)F)cs2)C1. The summed E-state index contributed by atoms with van der Waals surface area (Å²) in [5.41, 5.74) is -1.84. The van der Waals surface area contributed by atoms with Crippen LogP contribution in [0.4, 0.5) is 13.2 Å². The number of amides is 1. The fraction of sp³-hybridized carbons (Fsp3) is 0.688. The molecular formula is C16H19F3N2O3S. The number of aliphatic carboxylic acids is 1. The number of aromatic nitrogens is 1. The predicted octanol–water partition coefficient (Wildman–Crippen LogP) is 3.51. The molecule has 2 heterocycles. The molecule has 1 aliphatic carbocycles. The lowest BCUT2D eigenvalue weighted by Gasteiger charge is -2.40. The Labute approximate surface area is 146 Å². The van der Waals surface area contributed by atoms with Crippen LogP contribution in [0.5, 0.6) is 0 Å². The van der Waals surface area contributed by atoms with Crippen molar-refractivity contribution in [2.45, 2.75) is 50.6 Å². The van der Waals surface area contributed by atoms with Gasteiger partial charge in [-0.25, -0.2) is 4.98 Å². The van der Waals surface area contributed by atoms with Gasteiger partial charge in [0, 0.05) is 30.8 Å². The Kier molecular flexibility index (Phi) is 4.78. The average Bonchev–Trinajstić information content (AvgIpc) is 3.00. The summed E-state index contributed by atoms with van der Waals surface area (Å²) in [7, 11) is 0. The fourth-order valence-electron chi connectivity index (χ4n) is 3.48. The number of nitrogens with zero attached hydrogens (tertiary/aromatic N) is 2. The van der Waals surface area contributed by atoms with Gasteiger partial charge in [-0.15, -0.1) is 11.3 Å². The van der Waals surface area contributed by atoms with Crippen molar-refractivity contribution in [2.24, 2.45) is 5.41 Å². The number of alkyl halides is 3. The highest BCUT2D eigenvalue weighted by molar-refractivity contribution is 7.09. The zero-order chi connectivity index (χ0) is 18.2. The molecule has 1 atom stereocenters. The molecule has 2 fully saturated rings. The van der Waals surface area contributed by atoms with Crippen LogP contribution in [-0.4, -0.2) is 40.0 Å². The zero-order valence-corrected chi connectivity index (χ0v) is 14.3. The Hall–Kier alpha value is -1.64. The summed E-state index contributed by atoms with van der Waals surface area (Å²) in [6.07, 6.45) is -1.31. The zero-order valence-electron chi connectivity index (χ0n) is 13.5. The van der Waals surface area contributed by atoms with E-state index >= 15 is 0 Å². The Balaban J connectivity index is 1.66. The van der Waals surface area contributed by atoms with E-state index in [9.17, 15) is 27.9 Å². The molecular weight excluding hydrogens is 357 g/mol. The van der Waals surface area contributed by atoms with Crippen molar-refractivity contribution in [3.63, 3.8) is 0 Å². The molecule has 1 N–H and O–H groups in total. The van der Waals surface area contributed by atoms with Gasteiger partial charge in [0.2, 0.25) is 5.91 Å². The third kappa shape index (κ3) is 3.65. The molecule has 2 aliphatic rings. The Morgan fingerprint density at radius 3 is 2.60 bits per heavy atom. The molecule has 1 aromatic heterocycles. The van der Waals surface area contributed by atoms with Crippen LogP contribution < -0.4 is 0 Å². The van der Waals surface area contributed by atoms with E-state index in [2.05, 4.69) is 4.98 Å². The molecule has 1 aliphatic heterocycles. The number of carbonyl (C=O) groups excluding carboxylic acids is 1. The van der Waals surface area contributed by atoms with E-state index in [-0.39, 0.29) is 18.2 Å². The smallest absolute Gasteiger partial charge is 0.434 e. The minimum atomic E-state index is -4.46. The predicted molar refractivity (Wildman–Crippen MR) is 84.2 cm³/mol. The highest BCUT2D eigenvalue weighted by Crippen LogP contribution is 2.45. The number of hydrogen-bond donors (Lipinski definition) is 1. The monoisotopic (exact) mass is 376 g/mol. The second-order valence-corrected chi connectivity index (χ2v) is 7.75. The quantitative estimate of drug-likeness (QED) is 0.873. The number of thiazole rings is 1. The van der Waals surface area contributed by atoms with Gasteiger partial charge in [-0.2, -0.15) is 13.2 Å². The second kappa shape index (κ2) is 6.59. The number of halogens is 3. The minimum absolute atomic E-state index is 0.0271. The van der Waals surface area contributed by atoms with Crippen molar-refractivity contribution in [1.82, 2.24) is 9.88 Å². The third-order valence-electron chi connectivity index (χ3n) is 5.19. The Morgan fingerprint density at radius 2 is 2.08 bits per heavy atom. The fourth-order valence-corrected chi connectivity index (χ4v) is 4.44. The lowest BCUT2D eigenvalue weighted by molar-refractivity contribution is -0.159. The lowest BCUT2D eigenvalue weighted by Crippen LogP contribution is -2.46. The first-order valence-corrected chi connectivity index (χ1v) is 9.13. The first-order valence-electron chi connectivity index (χ1n) is 8.25. The van der Waals surface area contributed by atoms with Gasteiger partial charge in [-0.3, -0.25) is 9.59 Å². The summed E-state index contributed by atoms with van der Waals surface area (Å²) >= 11 is 0.967. The average molecular weight is 376 g/mol. The van der Waals surface area contributed by atoms with Gasteiger partial charge in [-0.1, -0.05) is 6.42 Å². The first-order chi connectivity index (χ1) is 11.7. The van der Waals surface area contributed by atoms with Gasteiger partial charge in [0.15, 0.2) is 5.69 Å². The number of piperidine rings is 1. The van der Waals surface area contributed by atoms with Crippen LogP contribution in [0.15, 0.2) is 5.38 Å². The largest absolute Gasteiger partial charge is 0.481 e. The van der Waals surface area contributed by atoms with Crippen LogP contribution in [0.3, 0.4) is 0 Å². The number of hydrogen-bond acceptors (Lipinski definition) is 4. The first kappa shape index (κ1) is 18.2. The molecule has 25 heavy (non-hydrogen) atoms. The van der Waals surface area contributed by atoms with Crippen LogP contribution in [0, 0.1) is 5.41 Å². The van der Waals surface area contributed by atoms with Crippen LogP contribution in [0.1, 0.15) is 55.1 Å². The Bertz CT molecular complexity index is 670. The molecule has 0 bridgehead atoms. The van der Waals surface area contributed by atoms with Gasteiger partial charge in [0.1, 0.15) is 0 Å². The third-order valence-corrected chi connectivity index (χ3v) is 6.20. The summed E-state index contributed by atoms with van der Waals surface area (Å²) < 4.78 is 38.1.